The fourth-order valence-electron chi connectivity index (χ4n) is 2.44. The van der Waals surface area contributed by atoms with Crippen LogP contribution in [0.4, 0.5) is 0 Å². The summed E-state index contributed by atoms with van der Waals surface area (Å²) in [6, 6.07) is 0. The van der Waals surface area contributed by atoms with Gasteiger partial charge in [0.15, 0.2) is 0 Å². The lowest BCUT2D eigenvalue weighted by atomic mass is 9.99. The van der Waals surface area contributed by atoms with E-state index in [0.717, 1.165) is 0 Å². The van der Waals surface area contributed by atoms with E-state index in [1.807, 2.05) is 0 Å². The molecule has 0 heterocycles. The van der Waals surface area contributed by atoms with Crippen LogP contribution in [0.5, 0.6) is 0 Å². The molecule has 0 aliphatic heterocycles. The van der Waals surface area contributed by atoms with Crippen molar-refractivity contribution < 1.29 is 0 Å². The maximum Gasteiger partial charge on any atom is -0.0275 e. The Labute approximate surface area is 117 Å². The van der Waals surface area contributed by atoms with Gasteiger partial charge in [0.1, 0.15) is 0 Å². The number of hydrogen-bond acceptors (Lipinski definition) is 0. The third-order valence-corrected chi connectivity index (χ3v) is 4.06. The van der Waals surface area contributed by atoms with Crippen LogP contribution in [0.25, 0.3) is 0 Å². The van der Waals surface area contributed by atoms with E-state index in [1.165, 1.54) is 89.9 Å². The molecule has 0 aromatic rings. The van der Waals surface area contributed by atoms with E-state index >= 15 is 0 Å². The van der Waals surface area contributed by atoms with Crippen LogP contribution < -0.4 is 0 Å². The summed E-state index contributed by atoms with van der Waals surface area (Å²) in [6.45, 7) is 6.87. The van der Waals surface area contributed by atoms with Gasteiger partial charge in [-0.05, 0) is 12.3 Å². The van der Waals surface area contributed by atoms with E-state index in [4.69, 9.17) is 0 Å². The fourth-order valence-corrected chi connectivity index (χ4v) is 2.44. The van der Waals surface area contributed by atoms with Crippen LogP contribution in [0.1, 0.15) is 111 Å². The Morgan fingerprint density at radius 2 is 0.944 bits per heavy atom. The monoisotopic (exact) mass is 253 g/mol. The maximum atomic E-state index is 2.30. The smallest absolute Gasteiger partial charge is 0.0275 e. The predicted octanol–water partition coefficient (Wildman–Crippen LogP) is 7.08. The Kier molecular flexibility index (Phi) is 15.1. The van der Waals surface area contributed by atoms with Crippen LogP contribution in [0.3, 0.4) is 0 Å². The molecule has 0 aliphatic rings. The van der Waals surface area contributed by atoms with Crippen molar-refractivity contribution in [2.45, 2.75) is 111 Å². The van der Waals surface area contributed by atoms with Crippen molar-refractivity contribution in [3.8, 4) is 0 Å². The largest absolute Gasteiger partial charge is 0.0654 e. The molecule has 0 spiro atoms. The lowest BCUT2D eigenvalue weighted by Gasteiger charge is -2.06. The van der Waals surface area contributed by atoms with Crippen LogP contribution >= 0.6 is 0 Å². The quantitative estimate of drug-likeness (QED) is 0.290. The molecule has 0 N–H and O–H groups in total. The van der Waals surface area contributed by atoms with Gasteiger partial charge in [-0.25, -0.2) is 0 Å². The molecular formula is C18H37. The number of unbranched alkanes of at least 4 members (excludes halogenated alkanes) is 11. The van der Waals surface area contributed by atoms with Gasteiger partial charge in [0.2, 0.25) is 0 Å². The second-order valence-electron chi connectivity index (χ2n) is 5.95. The highest BCUT2D eigenvalue weighted by molar-refractivity contribution is 4.80. The van der Waals surface area contributed by atoms with Gasteiger partial charge < -0.3 is 0 Å². The average molecular weight is 253 g/mol. The van der Waals surface area contributed by atoms with Crippen LogP contribution in [-0.2, 0) is 0 Å². The van der Waals surface area contributed by atoms with E-state index in [2.05, 4.69) is 20.8 Å². The molecule has 0 saturated carbocycles. The standard InChI is InChI=1S/C18H37/c1-4-6-7-8-9-10-11-12-13-14-15-16-17-18(3)5-2/h4-17H2,1-3H3. The highest BCUT2D eigenvalue weighted by Crippen LogP contribution is 2.16. The number of rotatable bonds is 14. The molecule has 18 heavy (non-hydrogen) atoms. The molecular weight excluding hydrogens is 216 g/mol. The van der Waals surface area contributed by atoms with Crippen molar-refractivity contribution in [1.82, 2.24) is 0 Å². The van der Waals surface area contributed by atoms with Gasteiger partial charge in [-0.15, -0.1) is 0 Å². The van der Waals surface area contributed by atoms with Gasteiger partial charge in [0.05, 0.1) is 0 Å². The molecule has 0 heteroatoms. The molecule has 0 atom stereocenters. The zero-order valence-electron chi connectivity index (χ0n) is 13.4. The number of hydrogen-bond donors (Lipinski definition) is 0. The van der Waals surface area contributed by atoms with Crippen molar-refractivity contribution >= 4 is 0 Å². The lowest BCUT2D eigenvalue weighted by Crippen LogP contribution is -1.89. The first kappa shape index (κ1) is 18.0. The van der Waals surface area contributed by atoms with Crippen LogP contribution in [-0.4, -0.2) is 0 Å². The summed E-state index contributed by atoms with van der Waals surface area (Å²) in [5.74, 6) is 1.68. The van der Waals surface area contributed by atoms with Crippen molar-refractivity contribution in [2.24, 2.45) is 0 Å². The minimum Gasteiger partial charge on any atom is -0.0654 e. The zero-order chi connectivity index (χ0) is 13.5. The normalized spacial score (nSPS) is 11.3. The minimum absolute atomic E-state index is 1.28. The van der Waals surface area contributed by atoms with Crippen LogP contribution in [0, 0.1) is 5.92 Å². The van der Waals surface area contributed by atoms with Gasteiger partial charge in [-0.2, -0.15) is 0 Å². The van der Waals surface area contributed by atoms with Gasteiger partial charge in [-0.1, -0.05) is 104 Å². The SMILES string of the molecule is CCCCCCCCCCCCCC[C](C)CC. The summed E-state index contributed by atoms with van der Waals surface area (Å²) < 4.78 is 0. The van der Waals surface area contributed by atoms with Crippen molar-refractivity contribution in [3.05, 3.63) is 5.92 Å². The second kappa shape index (κ2) is 15.1. The zero-order valence-corrected chi connectivity index (χ0v) is 13.4. The first-order chi connectivity index (χ1) is 8.81. The third-order valence-electron chi connectivity index (χ3n) is 4.06. The lowest BCUT2D eigenvalue weighted by molar-refractivity contribution is 0.539. The summed E-state index contributed by atoms with van der Waals surface area (Å²) >= 11 is 0. The third kappa shape index (κ3) is 14.1. The maximum absolute atomic E-state index is 2.30. The highest BCUT2D eigenvalue weighted by atomic mass is 14.0. The van der Waals surface area contributed by atoms with E-state index in [0.29, 0.717) is 0 Å². The van der Waals surface area contributed by atoms with Gasteiger partial charge in [0.25, 0.3) is 0 Å². The van der Waals surface area contributed by atoms with Gasteiger partial charge >= 0.3 is 0 Å². The molecule has 0 aromatic heterocycles. The van der Waals surface area contributed by atoms with Gasteiger partial charge in [-0.3, -0.25) is 0 Å². The van der Waals surface area contributed by atoms with Crippen molar-refractivity contribution in [3.63, 3.8) is 0 Å². The molecule has 0 saturated heterocycles. The van der Waals surface area contributed by atoms with Gasteiger partial charge in [0, 0.05) is 0 Å². The summed E-state index contributed by atoms with van der Waals surface area (Å²) in [6.07, 6.45) is 20.1. The summed E-state index contributed by atoms with van der Waals surface area (Å²) in [5, 5.41) is 0. The second-order valence-corrected chi connectivity index (χ2v) is 5.95. The molecule has 0 rings (SSSR count). The first-order valence-corrected chi connectivity index (χ1v) is 8.62. The summed E-state index contributed by atoms with van der Waals surface area (Å²) in [4.78, 5) is 0. The summed E-state index contributed by atoms with van der Waals surface area (Å²) in [5.41, 5.74) is 0. The Morgan fingerprint density at radius 1 is 0.556 bits per heavy atom. The molecule has 0 amide bonds. The van der Waals surface area contributed by atoms with Crippen LogP contribution in [0.2, 0.25) is 0 Å². The van der Waals surface area contributed by atoms with E-state index in [-0.39, 0.29) is 0 Å². The molecule has 0 bridgehead atoms. The fraction of sp³-hybridized carbons (Fsp3) is 0.944. The Morgan fingerprint density at radius 3 is 1.33 bits per heavy atom. The molecule has 0 aromatic carbocycles. The van der Waals surface area contributed by atoms with E-state index < -0.39 is 0 Å². The molecule has 109 valence electrons. The minimum atomic E-state index is 1.28. The van der Waals surface area contributed by atoms with Crippen LogP contribution in [0.15, 0.2) is 0 Å². The van der Waals surface area contributed by atoms with Crippen molar-refractivity contribution in [2.75, 3.05) is 0 Å². The summed E-state index contributed by atoms with van der Waals surface area (Å²) in [7, 11) is 0. The molecule has 1 radical (unpaired) electrons. The Hall–Kier alpha value is 0. The highest BCUT2D eigenvalue weighted by Gasteiger charge is 1.98. The Balaban J connectivity index is 2.94. The molecule has 0 unspecified atom stereocenters. The predicted molar refractivity (Wildman–Crippen MR) is 84.9 cm³/mol. The topological polar surface area (TPSA) is 0 Å². The average Bonchev–Trinajstić information content (AvgIpc) is 2.39. The van der Waals surface area contributed by atoms with E-state index in [1.54, 1.807) is 5.92 Å². The molecule has 0 fully saturated rings. The molecule has 0 aliphatic carbocycles. The molecule has 0 nitrogen and oxygen atoms in total. The Bertz CT molecular complexity index is 139. The first-order valence-electron chi connectivity index (χ1n) is 8.62. The van der Waals surface area contributed by atoms with Crippen molar-refractivity contribution in [1.29, 1.82) is 0 Å². The van der Waals surface area contributed by atoms with E-state index in [9.17, 15) is 0 Å².